The lowest BCUT2D eigenvalue weighted by molar-refractivity contribution is -0.138. The van der Waals surface area contributed by atoms with E-state index in [1.165, 1.54) is 0 Å². The van der Waals surface area contributed by atoms with E-state index in [-0.39, 0.29) is 69.6 Å². The average molecular weight is 769 g/mol. The van der Waals surface area contributed by atoms with Gasteiger partial charge in [0.05, 0.1) is 38.5 Å². The number of carboxylic acids is 1. The number of aliphatic carboxylic acids is 1. The van der Waals surface area contributed by atoms with Crippen molar-refractivity contribution in [3.8, 4) is 0 Å². The molecule has 0 aromatic rings. The standard InChI is InChI=1S/C32H48N8O12S/c41-23(4-2-1-3-22-30-21(19-53-22)38-32(50)39-30)33-10-13-51-15-16-52-14-11-34-24(42)5-6-25(43)35-17-20(31(49)36-18-29(47)48)37-26(44)9-12-40-27(45)7-8-28(40)46/h7-8,20-22,30H,1-6,9-19H2,(H,33,41)(H,34,42)(H,35,43)(H,36,49)(H,37,44)(H,47,48)(H2,38,39,50)/t20-,21-,22-,30-/m0/s1. The van der Waals surface area contributed by atoms with Crippen LogP contribution in [0.15, 0.2) is 12.2 Å². The molecule has 294 valence electrons. The smallest absolute Gasteiger partial charge is 0.322 e. The molecule has 2 saturated heterocycles. The van der Waals surface area contributed by atoms with Gasteiger partial charge in [-0.25, -0.2) is 4.79 Å². The first-order valence-corrected chi connectivity index (χ1v) is 18.4. The van der Waals surface area contributed by atoms with Gasteiger partial charge >= 0.3 is 12.0 Å². The minimum Gasteiger partial charge on any atom is -0.480 e. The van der Waals surface area contributed by atoms with Crippen LogP contribution in [0.1, 0.15) is 44.9 Å². The molecule has 0 saturated carbocycles. The minimum atomic E-state index is -1.37. The quantitative estimate of drug-likeness (QED) is 0.0246. The normalized spacial score (nSPS) is 19.2. The third-order valence-electron chi connectivity index (χ3n) is 8.20. The summed E-state index contributed by atoms with van der Waals surface area (Å²) < 4.78 is 10.8. The number of unbranched alkanes of at least 4 members (excludes halogenated alkanes) is 1. The summed E-state index contributed by atoms with van der Waals surface area (Å²) in [5.74, 6) is -4.27. The highest BCUT2D eigenvalue weighted by molar-refractivity contribution is 8.00. The lowest BCUT2D eigenvalue weighted by atomic mass is 10.0. The number of ether oxygens (including phenoxy) is 2. The maximum atomic E-state index is 12.4. The van der Waals surface area contributed by atoms with Gasteiger partial charge in [-0.2, -0.15) is 11.8 Å². The van der Waals surface area contributed by atoms with E-state index in [9.17, 15) is 43.2 Å². The van der Waals surface area contributed by atoms with E-state index in [2.05, 4.69) is 37.2 Å². The van der Waals surface area contributed by atoms with Crippen LogP contribution < -0.4 is 37.2 Å². The van der Waals surface area contributed by atoms with Gasteiger partial charge in [0.1, 0.15) is 12.6 Å². The predicted octanol–water partition coefficient (Wildman–Crippen LogP) is -3.13. The zero-order chi connectivity index (χ0) is 38.6. The van der Waals surface area contributed by atoms with Gasteiger partial charge in [0.15, 0.2) is 0 Å². The SMILES string of the molecule is O=C(O)CNC(=O)[C@H](CNC(=O)CCC(=O)NCCOCCOCCNC(=O)CCCC[C@@H]1SC[C@@H]2NC(=O)N[C@@H]21)NC(=O)CCN1C(=O)C=CC1=O. The van der Waals surface area contributed by atoms with E-state index in [4.69, 9.17) is 14.6 Å². The zero-order valence-electron chi connectivity index (χ0n) is 29.3. The van der Waals surface area contributed by atoms with Crippen molar-refractivity contribution in [3.63, 3.8) is 0 Å². The monoisotopic (exact) mass is 768 g/mol. The molecule has 3 aliphatic rings. The van der Waals surface area contributed by atoms with Crippen LogP contribution in [0.3, 0.4) is 0 Å². The molecule has 3 aliphatic heterocycles. The predicted molar refractivity (Wildman–Crippen MR) is 187 cm³/mol. The van der Waals surface area contributed by atoms with Gasteiger partial charge in [-0.1, -0.05) is 6.42 Å². The summed E-state index contributed by atoms with van der Waals surface area (Å²) in [5, 5.41) is 27.4. The largest absolute Gasteiger partial charge is 0.480 e. The lowest BCUT2D eigenvalue weighted by Crippen LogP contribution is -2.53. The van der Waals surface area contributed by atoms with E-state index >= 15 is 0 Å². The molecule has 0 aliphatic carbocycles. The fourth-order valence-electron chi connectivity index (χ4n) is 5.46. The fraction of sp³-hybridized carbons (Fsp3) is 0.656. The molecule has 0 unspecified atom stereocenters. The highest BCUT2D eigenvalue weighted by Gasteiger charge is 2.42. The van der Waals surface area contributed by atoms with Crippen LogP contribution in [0.25, 0.3) is 0 Å². The number of amides is 9. The number of rotatable bonds is 26. The van der Waals surface area contributed by atoms with Crippen molar-refractivity contribution in [1.82, 2.24) is 42.1 Å². The molecule has 3 heterocycles. The molecule has 21 heteroatoms. The number of nitrogens with one attached hydrogen (secondary N) is 7. The van der Waals surface area contributed by atoms with Gasteiger partial charge in [0.2, 0.25) is 29.5 Å². The van der Waals surface area contributed by atoms with E-state index in [1.807, 2.05) is 11.8 Å². The summed E-state index contributed by atoms with van der Waals surface area (Å²) in [6, 6.07) is -1.10. The molecule has 0 spiro atoms. The second-order valence-corrected chi connectivity index (χ2v) is 13.5. The molecule has 0 aromatic heterocycles. The van der Waals surface area contributed by atoms with Crippen LogP contribution in [0.4, 0.5) is 4.79 Å². The van der Waals surface area contributed by atoms with E-state index < -0.39 is 60.5 Å². The van der Waals surface area contributed by atoms with Gasteiger partial charge in [0, 0.05) is 75.0 Å². The van der Waals surface area contributed by atoms with E-state index in [1.54, 1.807) is 0 Å². The van der Waals surface area contributed by atoms with Gasteiger partial charge in [-0.15, -0.1) is 0 Å². The van der Waals surface area contributed by atoms with Crippen molar-refractivity contribution < 1.29 is 57.7 Å². The second kappa shape index (κ2) is 23.0. The number of carbonyl (C=O) groups is 9. The number of carboxylic acid groups (broad SMARTS) is 1. The molecule has 20 nitrogen and oxygen atoms in total. The Balaban J connectivity index is 1.15. The second-order valence-electron chi connectivity index (χ2n) is 12.2. The van der Waals surface area contributed by atoms with Gasteiger partial charge in [-0.05, 0) is 12.8 Å². The van der Waals surface area contributed by atoms with Crippen molar-refractivity contribution in [1.29, 1.82) is 0 Å². The molecule has 53 heavy (non-hydrogen) atoms. The van der Waals surface area contributed by atoms with Crippen molar-refractivity contribution in [2.45, 2.75) is 68.3 Å². The molecule has 0 bridgehead atoms. The Kier molecular flexibility index (Phi) is 18.5. The Morgan fingerprint density at radius 2 is 1.42 bits per heavy atom. The van der Waals surface area contributed by atoms with Gasteiger partial charge < -0.3 is 51.8 Å². The highest BCUT2D eigenvalue weighted by atomic mass is 32.2. The third-order valence-corrected chi connectivity index (χ3v) is 9.71. The number of fused-ring (bicyclic) bond motifs is 1. The molecule has 0 radical (unpaired) electrons. The van der Waals surface area contributed by atoms with Crippen LogP contribution in [0.5, 0.6) is 0 Å². The first-order chi connectivity index (χ1) is 25.4. The molecular formula is C32H48N8O12S. The molecule has 8 N–H and O–H groups in total. The fourth-order valence-corrected chi connectivity index (χ4v) is 7.00. The van der Waals surface area contributed by atoms with Crippen molar-refractivity contribution in [2.24, 2.45) is 0 Å². The van der Waals surface area contributed by atoms with E-state index in [0.717, 1.165) is 42.1 Å². The Labute approximate surface area is 310 Å². The third kappa shape index (κ3) is 16.2. The first kappa shape index (κ1) is 42.7. The Morgan fingerprint density at radius 3 is 2.06 bits per heavy atom. The summed E-state index contributed by atoms with van der Waals surface area (Å²) in [4.78, 5) is 108. The zero-order valence-corrected chi connectivity index (χ0v) is 30.1. The molecule has 3 rings (SSSR count). The molecule has 2 fully saturated rings. The first-order valence-electron chi connectivity index (χ1n) is 17.4. The van der Waals surface area contributed by atoms with Crippen LogP contribution in [-0.4, -0.2) is 152 Å². The number of thioether (sulfide) groups is 1. The van der Waals surface area contributed by atoms with Crippen molar-refractivity contribution in [3.05, 3.63) is 12.2 Å². The lowest BCUT2D eigenvalue weighted by Gasteiger charge is -2.19. The van der Waals surface area contributed by atoms with Crippen molar-refractivity contribution >= 4 is 65.1 Å². The summed E-state index contributed by atoms with van der Waals surface area (Å²) in [5.41, 5.74) is 0. The molecule has 0 aromatic carbocycles. The van der Waals surface area contributed by atoms with E-state index in [0.29, 0.717) is 31.4 Å². The van der Waals surface area contributed by atoms with Gasteiger partial charge in [0.25, 0.3) is 11.8 Å². The maximum absolute atomic E-state index is 12.4. The minimum absolute atomic E-state index is 0.0400. The number of hydrogen-bond acceptors (Lipinski definition) is 12. The summed E-state index contributed by atoms with van der Waals surface area (Å²) in [7, 11) is 0. The maximum Gasteiger partial charge on any atom is 0.322 e. The number of urea groups is 1. The number of nitrogens with zero attached hydrogens (tertiary/aromatic N) is 1. The Hall–Kier alpha value is -4.76. The summed E-state index contributed by atoms with van der Waals surface area (Å²) in [6.07, 6.45) is 4.44. The van der Waals surface area contributed by atoms with Crippen LogP contribution in [-0.2, 0) is 47.8 Å². The van der Waals surface area contributed by atoms with Crippen LogP contribution in [0, 0.1) is 0 Å². The van der Waals surface area contributed by atoms with Crippen LogP contribution in [0.2, 0.25) is 0 Å². The molecule has 4 atom stereocenters. The van der Waals surface area contributed by atoms with Crippen molar-refractivity contribution in [2.75, 3.05) is 64.9 Å². The highest BCUT2D eigenvalue weighted by Crippen LogP contribution is 2.33. The van der Waals surface area contributed by atoms with Crippen LogP contribution >= 0.6 is 11.8 Å². The molecule has 9 amide bonds. The summed E-state index contributed by atoms with van der Waals surface area (Å²) >= 11 is 1.86. The number of imide groups is 1. The summed E-state index contributed by atoms with van der Waals surface area (Å²) in [6.45, 7) is 0.259. The average Bonchev–Trinajstić information content (AvgIpc) is 3.78. The molecular weight excluding hydrogens is 720 g/mol. The topological polar surface area (TPSA) is 280 Å². The number of carbonyl (C=O) groups excluding carboxylic acids is 8. The Morgan fingerprint density at radius 1 is 0.792 bits per heavy atom. The Bertz CT molecular complexity index is 1360. The number of hydrogen-bond donors (Lipinski definition) is 8. The van der Waals surface area contributed by atoms with Gasteiger partial charge in [-0.3, -0.25) is 43.3 Å².